The van der Waals surface area contributed by atoms with Gasteiger partial charge in [0.1, 0.15) is 11.9 Å². The number of piperazine rings is 1. The van der Waals surface area contributed by atoms with E-state index in [4.69, 9.17) is 5.73 Å². The molecular weight excluding hydrogens is 903 g/mol. The number of amides is 4. The second kappa shape index (κ2) is 20.4. The number of rotatable bonds is 15. The number of alkyl halides is 5. The fourth-order valence-electron chi connectivity index (χ4n) is 9.36. The summed E-state index contributed by atoms with van der Waals surface area (Å²) in [6.45, 7) is 3.80. The molecule has 3 aliphatic heterocycles. The van der Waals surface area contributed by atoms with Gasteiger partial charge < -0.3 is 20.9 Å². The number of hydrogen-bond acceptors (Lipinski definition) is 9. The number of carbonyl (C=O) groups is 4. The molecule has 4 amide bonds. The van der Waals surface area contributed by atoms with Crippen LogP contribution in [0.5, 0.6) is 0 Å². The van der Waals surface area contributed by atoms with Gasteiger partial charge in [0, 0.05) is 81.8 Å². The van der Waals surface area contributed by atoms with E-state index in [0.717, 1.165) is 18.7 Å². The summed E-state index contributed by atoms with van der Waals surface area (Å²) in [5.41, 5.74) is 6.55. The van der Waals surface area contributed by atoms with Gasteiger partial charge >= 0.3 is 12.1 Å². The topological polar surface area (TPSA) is 153 Å². The van der Waals surface area contributed by atoms with E-state index < -0.39 is 58.3 Å². The highest BCUT2D eigenvalue weighted by molar-refractivity contribution is 6.01. The van der Waals surface area contributed by atoms with E-state index in [1.54, 1.807) is 54.6 Å². The van der Waals surface area contributed by atoms with E-state index in [2.05, 4.69) is 25.8 Å². The van der Waals surface area contributed by atoms with Crippen molar-refractivity contribution >= 4 is 35.0 Å². The number of halogens is 6. The predicted molar refractivity (Wildman–Crippen MR) is 247 cm³/mol. The second-order valence-corrected chi connectivity index (χ2v) is 17.8. The molecule has 2 atom stereocenters. The average Bonchev–Trinajstić information content (AvgIpc) is 3.34. The Bertz CT molecular complexity index is 2620. The summed E-state index contributed by atoms with van der Waals surface area (Å²) in [5.74, 6) is -6.78. The van der Waals surface area contributed by atoms with Gasteiger partial charge in [-0.25, -0.2) is 4.39 Å². The zero-order valence-electron chi connectivity index (χ0n) is 37.6. The Labute approximate surface area is 395 Å². The Morgan fingerprint density at radius 3 is 2.03 bits per heavy atom. The van der Waals surface area contributed by atoms with Crippen molar-refractivity contribution in [3.63, 3.8) is 0 Å². The lowest BCUT2D eigenvalue weighted by Crippen LogP contribution is -2.54. The van der Waals surface area contributed by atoms with Crippen molar-refractivity contribution in [1.29, 1.82) is 0 Å². The number of nitrogens with two attached hydrogens (primary N) is 1. The normalized spacial score (nSPS) is 18.4. The highest BCUT2D eigenvalue weighted by Crippen LogP contribution is 2.36. The summed E-state index contributed by atoms with van der Waals surface area (Å²) in [5, 5.41) is 8.50. The Balaban J connectivity index is 0.834. The molecule has 4 heterocycles. The summed E-state index contributed by atoms with van der Waals surface area (Å²) in [7, 11) is 0. The fraction of sp³-hybridized carbons (Fsp3) is 0.353. The van der Waals surface area contributed by atoms with Crippen molar-refractivity contribution in [2.24, 2.45) is 11.7 Å². The molecule has 2 unspecified atom stereocenters. The van der Waals surface area contributed by atoms with Gasteiger partial charge in [-0.1, -0.05) is 72.8 Å². The van der Waals surface area contributed by atoms with Crippen LogP contribution in [0.2, 0.25) is 0 Å². The van der Waals surface area contributed by atoms with Gasteiger partial charge in [-0.2, -0.15) is 22.0 Å². The summed E-state index contributed by atoms with van der Waals surface area (Å²) in [6, 6.07) is 26.2. The number of aromatic nitrogens is 1. The number of nitrogens with zero attached hydrogens (tertiary/aromatic N) is 4. The molecule has 5 aromatic rings. The van der Waals surface area contributed by atoms with E-state index >= 15 is 13.2 Å². The van der Waals surface area contributed by atoms with Gasteiger partial charge in [-0.15, -0.1) is 0 Å². The Hall–Kier alpha value is -6.79. The highest BCUT2D eigenvalue weighted by Gasteiger charge is 2.45. The molecule has 362 valence electrons. The second-order valence-electron chi connectivity index (χ2n) is 17.8. The van der Waals surface area contributed by atoms with E-state index in [0.29, 0.717) is 79.1 Å². The quantitative estimate of drug-likeness (QED) is 0.0654. The number of piperidine rings is 2. The van der Waals surface area contributed by atoms with Crippen molar-refractivity contribution in [3.8, 4) is 11.1 Å². The minimum absolute atomic E-state index is 0.149. The van der Waals surface area contributed by atoms with Crippen LogP contribution in [0.15, 0.2) is 115 Å². The number of primary amides is 1. The average molecular weight is 955 g/mol. The fourth-order valence-corrected chi connectivity index (χ4v) is 9.36. The number of hydrogen-bond donors (Lipinski definition) is 4. The highest BCUT2D eigenvalue weighted by atomic mass is 19.4. The monoisotopic (exact) mass is 954 g/mol. The number of carbonyl (C=O) groups excluding carboxylic acids is 4. The maximum atomic E-state index is 15.8. The number of imide groups is 1. The first-order valence-corrected chi connectivity index (χ1v) is 22.9. The van der Waals surface area contributed by atoms with Crippen molar-refractivity contribution in [3.05, 3.63) is 149 Å². The largest absolute Gasteiger partial charge is 0.416 e. The molecular formula is C51H52F6N8O4. The molecule has 69 heavy (non-hydrogen) atoms. The van der Waals surface area contributed by atoms with E-state index in [1.807, 2.05) is 4.90 Å². The Morgan fingerprint density at radius 2 is 1.42 bits per heavy atom. The summed E-state index contributed by atoms with van der Waals surface area (Å²) >= 11 is 0. The molecule has 3 fully saturated rings. The molecule has 8 rings (SSSR count). The zero-order valence-corrected chi connectivity index (χ0v) is 37.6. The van der Waals surface area contributed by atoms with Crippen LogP contribution in [-0.4, -0.2) is 96.8 Å². The smallest absolute Gasteiger partial charge is 0.374 e. The number of anilines is 2. The van der Waals surface area contributed by atoms with Crippen molar-refractivity contribution in [2.75, 3.05) is 62.6 Å². The molecule has 3 saturated heterocycles. The third-order valence-electron chi connectivity index (χ3n) is 13.3. The van der Waals surface area contributed by atoms with Crippen LogP contribution in [0.1, 0.15) is 53.6 Å². The number of pyridine rings is 1. The first-order valence-electron chi connectivity index (χ1n) is 22.9. The molecule has 0 saturated carbocycles. The van der Waals surface area contributed by atoms with Crippen molar-refractivity contribution < 1.29 is 45.5 Å². The third-order valence-corrected chi connectivity index (χ3v) is 13.3. The minimum Gasteiger partial charge on any atom is -0.374 e. The molecule has 0 bridgehead atoms. The van der Waals surface area contributed by atoms with Gasteiger partial charge in [0.15, 0.2) is 5.54 Å². The van der Waals surface area contributed by atoms with Crippen molar-refractivity contribution in [1.82, 2.24) is 25.4 Å². The molecule has 18 heteroatoms. The van der Waals surface area contributed by atoms with Crippen LogP contribution in [-0.2, 0) is 43.2 Å². The Morgan fingerprint density at radius 1 is 0.754 bits per heavy atom. The van der Waals surface area contributed by atoms with Gasteiger partial charge in [0.05, 0.1) is 16.9 Å². The molecule has 1 aromatic heterocycles. The lowest BCUT2D eigenvalue weighted by molar-refractivity contribution is -0.160. The van der Waals surface area contributed by atoms with Crippen LogP contribution in [0.3, 0.4) is 0 Å². The van der Waals surface area contributed by atoms with Gasteiger partial charge in [-0.05, 0) is 84.7 Å². The van der Waals surface area contributed by atoms with E-state index in [1.165, 1.54) is 53.6 Å². The molecule has 3 aliphatic rings. The number of benzene rings is 4. The Kier molecular flexibility index (Phi) is 14.4. The molecule has 0 aliphatic carbocycles. The first kappa shape index (κ1) is 48.7. The molecule has 5 N–H and O–H groups in total. The van der Waals surface area contributed by atoms with Gasteiger partial charge in [0.2, 0.25) is 17.7 Å². The maximum absolute atomic E-state index is 15.8. The predicted octanol–water partition coefficient (Wildman–Crippen LogP) is 6.84. The molecule has 12 nitrogen and oxygen atoms in total. The maximum Gasteiger partial charge on any atom is 0.416 e. The van der Waals surface area contributed by atoms with Crippen LogP contribution >= 0.6 is 0 Å². The molecule has 0 radical (unpaired) electrons. The minimum atomic E-state index is -4.47. The number of likely N-dealkylation sites (tertiary alicyclic amines) is 1. The third kappa shape index (κ3) is 10.9. The lowest BCUT2D eigenvalue weighted by atomic mass is 9.84. The molecule has 0 spiro atoms. The van der Waals surface area contributed by atoms with Crippen LogP contribution in [0, 0.1) is 11.7 Å². The van der Waals surface area contributed by atoms with Crippen LogP contribution in [0.4, 0.5) is 37.7 Å². The first-order chi connectivity index (χ1) is 33.0. The van der Waals surface area contributed by atoms with Gasteiger partial charge in [-0.3, -0.25) is 39.7 Å². The van der Waals surface area contributed by atoms with E-state index in [-0.39, 0.29) is 50.0 Å². The summed E-state index contributed by atoms with van der Waals surface area (Å²) in [6.07, 6.45) is -1.03. The standard InChI is InChI=1S/C51H52F6N8O4/c52-41-30-40(61-42-16-19-45(66)62-46(42)67)15-17-43(41)64-28-26-63(27-29-64)32-34-21-24-65(25-22-34)48(69)50(53,54)38-13-8-35(9-14-38)36-10-18-44(59-31-36)49(47(58)68,37-4-2-1-3-5-37)60-23-20-33-6-11-39(12-7-33)51(55,56)57/h1-15,17-18,30-31,34,42,60-61H,16,19-29,32H2,(H2,58,68)(H,62,66,67). The summed E-state index contributed by atoms with van der Waals surface area (Å²) in [4.78, 5) is 60.3. The van der Waals surface area contributed by atoms with Crippen molar-refractivity contribution in [2.45, 2.75) is 55.8 Å². The van der Waals surface area contributed by atoms with Crippen LogP contribution in [0.25, 0.3) is 11.1 Å². The number of nitrogens with one attached hydrogen (secondary N) is 3. The van der Waals surface area contributed by atoms with Crippen LogP contribution < -0.4 is 26.6 Å². The molecule has 4 aromatic carbocycles. The zero-order chi connectivity index (χ0) is 48.9. The summed E-state index contributed by atoms with van der Waals surface area (Å²) < 4.78 is 86.2. The van der Waals surface area contributed by atoms with E-state index in [9.17, 15) is 32.3 Å². The SMILES string of the molecule is NC(=O)C(NCCc1ccc(C(F)(F)F)cc1)(c1ccccc1)c1ccc(-c2ccc(C(F)(F)C(=O)N3CCC(CN4CCN(c5ccc(NC6CCC(=O)NC6=O)cc5F)CC4)CC3)cc2)cn1. The van der Waals surface area contributed by atoms with Gasteiger partial charge in [0.25, 0.3) is 5.91 Å². The lowest BCUT2D eigenvalue weighted by Gasteiger charge is -2.40.